The third-order valence-corrected chi connectivity index (χ3v) is 4.25. The maximum atomic E-state index is 12.2. The van der Waals surface area contributed by atoms with Crippen molar-refractivity contribution in [1.29, 1.82) is 0 Å². The number of carbonyl (C=O) groups excluding carboxylic acids is 1. The summed E-state index contributed by atoms with van der Waals surface area (Å²) in [5.41, 5.74) is -0.111. The Hall–Kier alpha value is -1.56. The first-order chi connectivity index (χ1) is 10.3. The molecule has 0 aromatic carbocycles. The summed E-state index contributed by atoms with van der Waals surface area (Å²) >= 11 is 0. The summed E-state index contributed by atoms with van der Waals surface area (Å²) < 4.78 is 7.16. The van der Waals surface area contributed by atoms with Crippen LogP contribution in [0, 0.1) is 5.92 Å². The summed E-state index contributed by atoms with van der Waals surface area (Å²) in [7, 11) is 1.82. The van der Waals surface area contributed by atoms with Crippen LogP contribution in [-0.2, 0) is 17.4 Å². The van der Waals surface area contributed by atoms with Crippen molar-refractivity contribution in [3.8, 4) is 0 Å². The zero-order chi connectivity index (χ0) is 16.3. The summed E-state index contributed by atoms with van der Waals surface area (Å²) in [6.07, 6.45) is 3.19. The molecule has 1 atom stereocenters. The molecule has 1 aromatic heterocycles. The fourth-order valence-corrected chi connectivity index (χ4v) is 3.10. The minimum Gasteiger partial charge on any atom is -0.446 e. The van der Waals surface area contributed by atoms with Gasteiger partial charge in [0.25, 0.3) is 0 Å². The number of aryl methyl sites for hydroxylation is 1. The third kappa shape index (κ3) is 3.80. The fraction of sp³-hybridized carbons (Fsp3) is 0.750. The van der Waals surface area contributed by atoms with Gasteiger partial charge < -0.3 is 14.7 Å². The van der Waals surface area contributed by atoms with E-state index in [2.05, 4.69) is 18.9 Å². The zero-order valence-corrected chi connectivity index (χ0v) is 14.0. The van der Waals surface area contributed by atoms with Crippen molar-refractivity contribution in [3.05, 3.63) is 18.0 Å². The van der Waals surface area contributed by atoms with E-state index in [9.17, 15) is 9.90 Å². The Labute approximate surface area is 132 Å². The van der Waals surface area contributed by atoms with Crippen LogP contribution in [-0.4, -0.2) is 45.1 Å². The summed E-state index contributed by atoms with van der Waals surface area (Å²) in [4.78, 5) is 13.8. The Balaban J connectivity index is 1.89. The first-order valence-electron chi connectivity index (χ1n) is 7.98. The van der Waals surface area contributed by atoms with E-state index >= 15 is 0 Å². The van der Waals surface area contributed by atoms with Gasteiger partial charge in [0.1, 0.15) is 11.7 Å². The molecule has 6 nitrogen and oxygen atoms in total. The average Bonchev–Trinajstić information content (AvgIpc) is 2.85. The summed E-state index contributed by atoms with van der Waals surface area (Å²) in [6, 6.07) is 1.83. The first kappa shape index (κ1) is 16.8. The summed E-state index contributed by atoms with van der Waals surface area (Å²) in [5, 5.41) is 14.9. The lowest BCUT2D eigenvalue weighted by Crippen LogP contribution is -2.46. The highest BCUT2D eigenvalue weighted by Crippen LogP contribution is 2.32. The van der Waals surface area contributed by atoms with Gasteiger partial charge in [-0.05, 0) is 38.2 Å². The Morgan fingerprint density at radius 3 is 2.55 bits per heavy atom. The SMILES string of the molecule is CC(C)CC(C)OC(=O)N1CCC(O)(c2ccnn2C)CC1. The van der Waals surface area contributed by atoms with Gasteiger partial charge in [-0.15, -0.1) is 0 Å². The van der Waals surface area contributed by atoms with Crippen LogP contribution in [0.4, 0.5) is 4.79 Å². The average molecular weight is 309 g/mol. The molecule has 1 aliphatic heterocycles. The number of aliphatic hydroxyl groups is 1. The van der Waals surface area contributed by atoms with Crippen molar-refractivity contribution in [3.63, 3.8) is 0 Å². The van der Waals surface area contributed by atoms with Gasteiger partial charge in [-0.2, -0.15) is 5.10 Å². The van der Waals surface area contributed by atoms with E-state index in [1.165, 1.54) is 0 Å². The molecule has 22 heavy (non-hydrogen) atoms. The molecule has 0 bridgehead atoms. The second-order valence-corrected chi connectivity index (χ2v) is 6.68. The lowest BCUT2D eigenvalue weighted by molar-refractivity contribution is -0.0342. The lowest BCUT2D eigenvalue weighted by atomic mass is 9.88. The highest BCUT2D eigenvalue weighted by Gasteiger charge is 2.38. The van der Waals surface area contributed by atoms with Crippen molar-refractivity contribution in [2.75, 3.05) is 13.1 Å². The highest BCUT2D eigenvalue weighted by atomic mass is 16.6. The van der Waals surface area contributed by atoms with Crippen LogP contribution in [0.5, 0.6) is 0 Å². The third-order valence-electron chi connectivity index (χ3n) is 4.25. The largest absolute Gasteiger partial charge is 0.446 e. The van der Waals surface area contributed by atoms with Crippen LogP contribution < -0.4 is 0 Å². The van der Waals surface area contributed by atoms with E-state index < -0.39 is 5.60 Å². The smallest absolute Gasteiger partial charge is 0.410 e. The van der Waals surface area contributed by atoms with Gasteiger partial charge in [0.05, 0.1) is 5.69 Å². The molecule has 0 saturated carbocycles. The molecule has 1 N–H and O–H groups in total. The van der Waals surface area contributed by atoms with Crippen LogP contribution in [0.15, 0.2) is 12.3 Å². The molecule has 0 radical (unpaired) electrons. The topological polar surface area (TPSA) is 67.6 Å². The molecule has 1 unspecified atom stereocenters. The van der Waals surface area contributed by atoms with Crippen LogP contribution in [0.25, 0.3) is 0 Å². The number of ether oxygens (including phenoxy) is 1. The van der Waals surface area contributed by atoms with Gasteiger partial charge in [0.15, 0.2) is 0 Å². The number of hydrogen-bond donors (Lipinski definition) is 1. The van der Waals surface area contributed by atoms with E-state index in [1.54, 1.807) is 15.8 Å². The molecule has 0 spiro atoms. The van der Waals surface area contributed by atoms with Gasteiger partial charge in [0, 0.05) is 26.3 Å². The fourth-order valence-electron chi connectivity index (χ4n) is 3.10. The monoisotopic (exact) mass is 309 g/mol. The number of rotatable bonds is 4. The van der Waals surface area contributed by atoms with Crippen molar-refractivity contribution < 1.29 is 14.6 Å². The van der Waals surface area contributed by atoms with Gasteiger partial charge >= 0.3 is 6.09 Å². The number of amides is 1. The van der Waals surface area contributed by atoms with Gasteiger partial charge in [0.2, 0.25) is 0 Å². The summed E-state index contributed by atoms with van der Waals surface area (Å²) in [6.45, 7) is 7.14. The number of aromatic nitrogens is 2. The maximum Gasteiger partial charge on any atom is 0.410 e. The predicted octanol–water partition coefficient (Wildman–Crippen LogP) is 2.27. The highest BCUT2D eigenvalue weighted by molar-refractivity contribution is 5.68. The van der Waals surface area contributed by atoms with Crippen LogP contribution in [0.1, 0.15) is 45.7 Å². The molecule has 1 aromatic rings. The summed E-state index contributed by atoms with van der Waals surface area (Å²) in [5.74, 6) is 0.499. The van der Waals surface area contributed by atoms with E-state index in [4.69, 9.17) is 4.74 Å². The second-order valence-electron chi connectivity index (χ2n) is 6.68. The number of nitrogens with zero attached hydrogens (tertiary/aromatic N) is 3. The molecular weight excluding hydrogens is 282 g/mol. The molecule has 2 heterocycles. The van der Waals surface area contributed by atoms with Crippen LogP contribution in [0.2, 0.25) is 0 Å². The minimum absolute atomic E-state index is 0.0783. The number of likely N-dealkylation sites (tertiary alicyclic amines) is 1. The Morgan fingerprint density at radius 1 is 1.41 bits per heavy atom. The Bertz CT molecular complexity index is 504. The van der Waals surface area contributed by atoms with E-state index in [1.807, 2.05) is 20.0 Å². The van der Waals surface area contributed by atoms with E-state index in [0.717, 1.165) is 12.1 Å². The molecule has 6 heteroatoms. The molecule has 1 saturated heterocycles. The second kappa shape index (κ2) is 6.69. The number of hydrogen-bond acceptors (Lipinski definition) is 4. The molecule has 2 rings (SSSR count). The number of carbonyl (C=O) groups is 1. The van der Waals surface area contributed by atoms with Crippen molar-refractivity contribution >= 4 is 6.09 Å². The molecule has 0 aliphatic carbocycles. The first-order valence-corrected chi connectivity index (χ1v) is 7.98. The van der Waals surface area contributed by atoms with Gasteiger partial charge in [-0.25, -0.2) is 4.79 Å². The van der Waals surface area contributed by atoms with Crippen molar-refractivity contribution in [2.45, 2.75) is 51.7 Å². The normalized spacial score (nSPS) is 19.3. The Kier molecular flexibility index (Phi) is 5.11. The molecule has 1 amide bonds. The van der Waals surface area contributed by atoms with Gasteiger partial charge in [-0.3, -0.25) is 4.68 Å². The quantitative estimate of drug-likeness (QED) is 0.926. The Morgan fingerprint density at radius 2 is 2.05 bits per heavy atom. The van der Waals surface area contributed by atoms with Gasteiger partial charge in [-0.1, -0.05) is 13.8 Å². The number of piperidine rings is 1. The van der Waals surface area contributed by atoms with Crippen LogP contribution in [0.3, 0.4) is 0 Å². The maximum absolute atomic E-state index is 12.2. The van der Waals surface area contributed by atoms with Crippen molar-refractivity contribution in [2.24, 2.45) is 13.0 Å². The molecule has 1 aliphatic rings. The van der Waals surface area contributed by atoms with Crippen molar-refractivity contribution in [1.82, 2.24) is 14.7 Å². The van der Waals surface area contributed by atoms with E-state index in [-0.39, 0.29) is 12.2 Å². The zero-order valence-electron chi connectivity index (χ0n) is 14.0. The molecular formula is C16H27N3O3. The lowest BCUT2D eigenvalue weighted by Gasteiger charge is -2.38. The van der Waals surface area contributed by atoms with E-state index in [0.29, 0.717) is 31.8 Å². The van der Waals surface area contributed by atoms with Crippen LogP contribution >= 0.6 is 0 Å². The molecule has 1 fully saturated rings. The predicted molar refractivity (Wildman–Crippen MR) is 83.3 cm³/mol. The standard InChI is InChI=1S/C16H27N3O3/c1-12(2)11-13(3)22-15(20)19-9-6-16(21,7-10-19)14-5-8-17-18(14)4/h5,8,12-13,21H,6-7,9-11H2,1-4H3. The minimum atomic E-state index is -0.911. The molecule has 124 valence electrons.